The van der Waals surface area contributed by atoms with E-state index in [1.807, 2.05) is 0 Å². The predicted octanol–water partition coefficient (Wildman–Crippen LogP) is -0.445. The summed E-state index contributed by atoms with van der Waals surface area (Å²) in [5.41, 5.74) is 0. The van der Waals surface area contributed by atoms with Gasteiger partial charge in [-0.15, -0.1) is 0 Å². The molecule has 1 atom stereocenters. The number of carbonyl (C=O) groups is 1. The summed E-state index contributed by atoms with van der Waals surface area (Å²) in [5, 5.41) is 3.27. The summed E-state index contributed by atoms with van der Waals surface area (Å²) in [6, 6.07) is 0.143. The van der Waals surface area contributed by atoms with Crippen LogP contribution in [0.15, 0.2) is 0 Å². The number of carbonyl (C=O) groups excluding carboxylic acids is 1. The van der Waals surface area contributed by atoms with Crippen LogP contribution in [-0.2, 0) is 4.79 Å². The molecule has 0 aromatic heterocycles. The molecule has 2 heterocycles. The first-order chi connectivity index (χ1) is 7.25. The molecule has 0 aromatic rings. The fraction of sp³-hybridized carbons (Fsp3) is 0.909. The Morgan fingerprint density at radius 2 is 2.07 bits per heavy atom. The number of Topliss-reactive ketones (excluding diaryl/α,β-unsaturated/α-hetero) is 1. The third kappa shape index (κ3) is 3.00. The lowest BCUT2D eigenvalue weighted by molar-refractivity contribution is -0.122. The van der Waals surface area contributed by atoms with Gasteiger partial charge in [-0.25, -0.2) is 0 Å². The molecule has 1 N–H and O–H groups in total. The third-order valence-corrected chi connectivity index (χ3v) is 3.42. The number of rotatable bonds is 3. The Balaban J connectivity index is 1.74. The molecule has 2 fully saturated rings. The predicted molar refractivity (Wildman–Crippen MR) is 60.0 cm³/mol. The molecule has 2 aliphatic heterocycles. The summed E-state index contributed by atoms with van der Waals surface area (Å²) in [6.45, 7) is 5.91. The van der Waals surface area contributed by atoms with Crippen molar-refractivity contribution in [1.82, 2.24) is 15.1 Å². The molecule has 0 amide bonds. The Labute approximate surface area is 91.6 Å². The molecule has 2 rings (SSSR count). The van der Waals surface area contributed by atoms with Crippen molar-refractivity contribution in [2.75, 3.05) is 46.3 Å². The van der Waals surface area contributed by atoms with Crippen molar-refractivity contribution in [3.05, 3.63) is 0 Å². The van der Waals surface area contributed by atoms with Gasteiger partial charge in [0.2, 0.25) is 0 Å². The Kier molecular flexibility index (Phi) is 3.72. The molecule has 0 saturated carbocycles. The van der Waals surface area contributed by atoms with E-state index >= 15 is 0 Å². The molecule has 0 bridgehead atoms. The first-order valence-corrected chi connectivity index (χ1v) is 5.93. The summed E-state index contributed by atoms with van der Waals surface area (Å²) in [6.07, 6.45) is 2.19. The van der Waals surface area contributed by atoms with Crippen molar-refractivity contribution < 1.29 is 4.79 Å². The minimum Gasteiger partial charge on any atom is -0.307 e. The second-order valence-electron chi connectivity index (χ2n) is 4.69. The van der Waals surface area contributed by atoms with Crippen LogP contribution >= 0.6 is 0 Å². The largest absolute Gasteiger partial charge is 0.307 e. The molecular weight excluding hydrogens is 190 g/mol. The van der Waals surface area contributed by atoms with E-state index in [4.69, 9.17) is 0 Å². The number of nitrogens with one attached hydrogen (secondary N) is 1. The van der Waals surface area contributed by atoms with Crippen LogP contribution < -0.4 is 5.32 Å². The number of hydrogen-bond acceptors (Lipinski definition) is 4. The number of likely N-dealkylation sites (N-methyl/N-ethyl adjacent to an activating group) is 1. The number of hydrogen-bond donors (Lipinski definition) is 1. The molecule has 2 saturated heterocycles. The summed E-state index contributed by atoms with van der Waals surface area (Å²) in [7, 11) is 2.14. The molecule has 1 unspecified atom stereocenters. The average molecular weight is 211 g/mol. The average Bonchev–Trinajstić information content (AvgIpc) is 2.74. The lowest BCUT2D eigenvalue weighted by Crippen LogP contribution is -2.48. The second kappa shape index (κ2) is 5.05. The van der Waals surface area contributed by atoms with Crippen LogP contribution in [0.5, 0.6) is 0 Å². The molecule has 4 nitrogen and oxygen atoms in total. The highest BCUT2D eigenvalue weighted by atomic mass is 16.1. The van der Waals surface area contributed by atoms with Gasteiger partial charge in [0, 0.05) is 26.2 Å². The lowest BCUT2D eigenvalue weighted by atomic mass is 10.1. The Hall–Kier alpha value is -0.450. The quantitative estimate of drug-likeness (QED) is 0.686. The van der Waals surface area contributed by atoms with E-state index < -0.39 is 0 Å². The lowest BCUT2D eigenvalue weighted by Gasteiger charge is -2.32. The normalized spacial score (nSPS) is 29.5. The highest BCUT2D eigenvalue weighted by molar-refractivity contribution is 5.86. The molecule has 15 heavy (non-hydrogen) atoms. The van der Waals surface area contributed by atoms with Gasteiger partial charge < -0.3 is 10.2 Å². The molecule has 0 spiro atoms. The Bertz CT molecular complexity index is 218. The van der Waals surface area contributed by atoms with Crippen molar-refractivity contribution >= 4 is 5.78 Å². The number of nitrogens with zero attached hydrogens (tertiary/aromatic N) is 2. The van der Waals surface area contributed by atoms with Gasteiger partial charge >= 0.3 is 0 Å². The standard InChI is InChI=1S/C11H21N3O/c1-13-5-7-14(8-6-13)9-11(15)10-3-2-4-12-10/h10,12H,2-9H2,1H3. The van der Waals surface area contributed by atoms with E-state index in [1.165, 1.54) is 0 Å². The molecule has 86 valence electrons. The first kappa shape index (κ1) is 11.0. The van der Waals surface area contributed by atoms with Gasteiger partial charge in [0.15, 0.2) is 5.78 Å². The highest BCUT2D eigenvalue weighted by Crippen LogP contribution is 2.07. The van der Waals surface area contributed by atoms with E-state index in [-0.39, 0.29) is 6.04 Å². The minimum absolute atomic E-state index is 0.143. The van der Waals surface area contributed by atoms with Gasteiger partial charge in [-0.3, -0.25) is 9.69 Å². The van der Waals surface area contributed by atoms with E-state index in [0.717, 1.165) is 45.6 Å². The van der Waals surface area contributed by atoms with Gasteiger partial charge in [0.25, 0.3) is 0 Å². The fourth-order valence-electron chi connectivity index (χ4n) is 2.30. The van der Waals surface area contributed by atoms with Crippen molar-refractivity contribution in [2.45, 2.75) is 18.9 Å². The maximum atomic E-state index is 11.9. The summed E-state index contributed by atoms with van der Waals surface area (Å²) in [5.74, 6) is 0.386. The van der Waals surface area contributed by atoms with Gasteiger partial charge in [0.05, 0.1) is 12.6 Å². The van der Waals surface area contributed by atoms with Crippen molar-refractivity contribution in [2.24, 2.45) is 0 Å². The molecule has 4 heteroatoms. The highest BCUT2D eigenvalue weighted by Gasteiger charge is 2.24. The van der Waals surface area contributed by atoms with Crippen molar-refractivity contribution in [3.63, 3.8) is 0 Å². The fourth-order valence-corrected chi connectivity index (χ4v) is 2.30. The van der Waals surface area contributed by atoms with Crippen molar-refractivity contribution in [3.8, 4) is 0 Å². The van der Waals surface area contributed by atoms with E-state index in [2.05, 4.69) is 22.2 Å². The van der Waals surface area contributed by atoms with Crippen LogP contribution in [0, 0.1) is 0 Å². The summed E-state index contributed by atoms with van der Waals surface area (Å²) in [4.78, 5) is 16.5. The second-order valence-corrected chi connectivity index (χ2v) is 4.69. The van der Waals surface area contributed by atoms with Gasteiger partial charge in [-0.2, -0.15) is 0 Å². The van der Waals surface area contributed by atoms with Gasteiger partial charge in [-0.05, 0) is 26.4 Å². The van der Waals surface area contributed by atoms with Crippen molar-refractivity contribution in [1.29, 1.82) is 0 Å². The van der Waals surface area contributed by atoms with Gasteiger partial charge in [0.1, 0.15) is 0 Å². The monoisotopic (exact) mass is 211 g/mol. The SMILES string of the molecule is CN1CCN(CC(=O)C2CCCN2)CC1. The van der Waals surface area contributed by atoms with E-state index in [1.54, 1.807) is 0 Å². The first-order valence-electron chi connectivity index (χ1n) is 5.93. The zero-order valence-electron chi connectivity index (χ0n) is 9.54. The van der Waals surface area contributed by atoms with Crippen LogP contribution in [0.3, 0.4) is 0 Å². The van der Waals surface area contributed by atoms with E-state index in [9.17, 15) is 4.79 Å². The molecule has 0 radical (unpaired) electrons. The Morgan fingerprint density at radius 3 is 2.67 bits per heavy atom. The summed E-state index contributed by atoms with van der Waals surface area (Å²) >= 11 is 0. The van der Waals surface area contributed by atoms with Crippen LogP contribution in [0.1, 0.15) is 12.8 Å². The number of piperazine rings is 1. The topological polar surface area (TPSA) is 35.6 Å². The summed E-state index contributed by atoms with van der Waals surface area (Å²) < 4.78 is 0. The van der Waals surface area contributed by atoms with E-state index in [0.29, 0.717) is 12.3 Å². The number of ketones is 1. The smallest absolute Gasteiger partial charge is 0.163 e. The van der Waals surface area contributed by atoms with Crippen LogP contribution in [0.2, 0.25) is 0 Å². The maximum absolute atomic E-state index is 11.9. The molecule has 2 aliphatic rings. The molecule has 0 aromatic carbocycles. The maximum Gasteiger partial charge on any atom is 0.163 e. The van der Waals surface area contributed by atoms with Crippen LogP contribution in [0.25, 0.3) is 0 Å². The minimum atomic E-state index is 0.143. The molecular formula is C11H21N3O. The zero-order chi connectivity index (χ0) is 10.7. The van der Waals surface area contributed by atoms with Gasteiger partial charge in [-0.1, -0.05) is 0 Å². The van der Waals surface area contributed by atoms with Crippen LogP contribution in [0.4, 0.5) is 0 Å². The molecule has 0 aliphatic carbocycles. The third-order valence-electron chi connectivity index (χ3n) is 3.42. The zero-order valence-corrected chi connectivity index (χ0v) is 9.54. The Morgan fingerprint density at radius 1 is 1.33 bits per heavy atom. The van der Waals surface area contributed by atoms with Crippen LogP contribution in [-0.4, -0.2) is 67.9 Å².